The highest BCUT2D eigenvalue weighted by molar-refractivity contribution is 5.35. The number of unbranched alkanes of at least 4 members (excludes halogenated alkanes) is 3. The van der Waals surface area contributed by atoms with Crippen molar-refractivity contribution in [3.63, 3.8) is 0 Å². The molecule has 15 heteroatoms. The third-order valence-corrected chi connectivity index (χ3v) is 6.41. The lowest BCUT2D eigenvalue weighted by molar-refractivity contribution is -0.384. The van der Waals surface area contributed by atoms with Gasteiger partial charge in [0.1, 0.15) is 12.4 Å². The van der Waals surface area contributed by atoms with E-state index in [4.69, 9.17) is 56.8 Å². The Balaban J connectivity index is 1.64. The molecule has 0 saturated carbocycles. The van der Waals surface area contributed by atoms with E-state index in [9.17, 15) is 10.1 Å². The van der Waals surface area contributed by atoms with E-state index in [0.717, 1.165) is 13.0 Å². The molecule has 0 radical (unpaired) electrons. The Morgan fingerprint density at radius 1 is 0.408 bits per heavy atom. The van der Waals surface area contributed by atoms with Gasteiger partial charge in [0.15, 0.2) is 0 Å². The largest absolute Gasteiger partial charge is 0.491 e. The normalized spacial score (nSPS) is 11.4. The van der Waals surface area contributed by atoms with Crippen molar-refractivity contribution in [2.45, 2.75) is 32.6 Å². The summed E-state index contributed by atoms with van der Waals surface area (Å²) in [5.74, 6) is 0.557. The van der Waals surface area contributed by atoms with E-state index in [-0.39, 0.29) is 5.69 Å². The molecule has 0 aliphatic carbocycles. The number of nitro groups is 1. The lowest BCUT2D eigenvalue weighted by Gasteiger charge is -2.09. The maximum Gasteiger partial charge on any atom is 0.269 e. The molecule has 0 aliphatic rings. The van der Waals surface area contributed by atoms with Crippen LogP contribution in [0.25, 0.3) is 0 Å². The zero-order chi connectivity index (χ0) is 35.1. The van der Waals surface area contributed by atoms with Gasteiger partial charge in [0.2, 0.25) is 0 Å². The third-order valence-electron chi connectivity index (χ3n) is 6.41. The van der Waals surface area contributed by atoms with Crippen molar-refractivity contribution in [2.75, 3.05) is 152 Å². The molecule has 1 aromatic rings. The van der Waals surface area contributed by atoms with Gasteiger partial charge in [0, 0.05) is 18.7 Å². The molecule has 1 rings (SSSR count). The molecule has 286 valence electrons. The van der Waals surface area contributed by atoms with Crippen molar-refractivity contribution >= 4 is 5.69 Å². The molecule has 0 aromatic heterocycles. The summed E-state index contributed by atoms with van der Waals surface area (Å²) in [7, 11) is 0. The van der Waals surface area contributed by atoms with Gasteiger partial charge >= 0.3 is 0 Å². The fraction of sp³-hybridized carbons (Fsp3) is 0.824. The first-order valence-electron chi connectivity index (χ1n) is 17.5. The van der Waals surface area contributed by atoms with Crippen LogP contribution in [0.5, 0.6) is 5.75 Å². The summed E-state index contributed by atoms with van der Waals surface area (Å²) in [5.41, 5.74) is 0.0263. The molecule has 0 unspecified atom stereocenters. The predicted molar refractivity (Wildman–Crippen MR) is 182 cm³/mol. The standard InChI is InChI=1S/C34H61NO14/c1-2-3-4-5-10-38-11-12-39-13-14-40-15-16-41-17-18-42-19-20-43-21-22-44-23-24-45-25-26-46-27-28-47-29-30-48-31-32-49-34-8-6-33(7-9-34)35(36)37/h6-9H,2-5,10-32H2,1H3. The molecule has 0 heterocycles. The van der Waals surface area contributed by atoms with Crippen LogP contribution in [-0.2, 0) is 52.1 Å². The van der Waals surface area contributed by atoms with Gasteiger partial charge in [-0.3, -0.25) is 10.1 Å². The summed E-state index contributed by atoms with van der Waals surface area (Å²) < 4.78 is 65.7. The van der Waals surface area contributed by atoms with Gasteiger partial charge in [-0.2, -0.15) is 0 Å². The molecule has 0 saturated heterocycles. The van der Waals surface area contributed by atoms with E-state index in [1.54, 1.807) is 12.1 Å². The summed E-state index contributed by atoms with van der Waals surface area (Å²) in [4.78, 5) is 10.2. The number of rotatable bonds is 40. The van der Waals surface area contributed by atoms with Gasteiger partial charge in [0.05, 0.1) is 144 Å². The smallest absolute Gasteiger partial charge is 0.269 e. The number of nitro benzene ring substituents is 1. The minimum absolute atomic E-state index is 0.0263. The van der Waals surface area contributed by atoms with Gasteiger partial charge < -0.3 is 56.8 Å². The van der Waals surface area contributed by atoms with Crippen molar-refractivity contribution in [1.82, 2.24) is 0 Å². The average molecular weight is 708 g/mol. The molecule has 0 bridgehead atoms. The summed E-state index contributed by atoms with van der Waals surface area (Å²) in [6, 6.07) is 5.91. The SMILES string of the molecule is CCCCCCOCCOCCOCCOCCOCCOCCOCCOCCOCCOCCOCCOc1ccc([N+](=O)[O-])cc1. The molecule has 0 N–H and O–H groups in total. The van der Waals surface area contributed by atoms with E-state index < -0.39 is 4.92 Å². The molecule has 49 heavy (non-hydrogen) atoms. The molecular weight excluding hydrogens is 646 g/mol. The van der Waals surface area contributed by atoms with Gasteiger partial charge in [0.25, 0.3) is 5.69 Å². The van der Waals surface area contributed by atoms with Crippen LogP contribution in [0.4, 0.5) is 5.69 Å². The van der Waals surface area contributed by atoms with Crippen molar-refractivity contribution in [3.8, 4) is 5.75 Å². The Morgan fingerprint density at radius 2 is 0.694 bits per heavy atom. The third kappa shape index (κ3) is 32.9. The molecule has 15 nitrogen and oxygen atoms in total. The highest BCUT2D eigenvalue weighted by atomic mass is 16.6. The van der Waals surface area contributed by atoms with Crippen LogP contribution >= 0.6 is 0 Å². The first-order valence-corrected chi connectivity index (χ1v) is 17.5. The Kier molecular flexibility index (Phi) is 34.2. The minimum Gasteiger partial charge on any atom is -0.491 e. The zero-order valence-electron chi connectivity index (χ0n) is 29.6. The lowest BCUT2D eigenvalue weighted by atomic mass is 10.2. The lowest BCUT2D eigenvalue weighted by Crippen LogP contribution is -2.15. The Bertz CT molecular complexity index is 821. The van der Waals surface area contributed by atoms with Gasteiger partial charge in [-0.1, -0.05) is 26.2 Å². The number of ether oxygens (including phenoxy) is 12. The Hall–Kier alpha value is -2.02. The fourth-order valence-electron chi connectivity index (χ4n) is 3.81. The predicted octanol–water partition coefficient (Wildman–Crippen LogP) is 3.74. The van der Waals surface area contributed by atoms with E-state index in [1.165, 1.54) is 31.4 Å². The summed E-state index contributed by atoms with van der Waals surface area (Å²) in [5, 5.41) is 10.6. The van der Waals surface area contributed by atoms with Crippen LogP contribution < -0.4 is 4.74 Å². The van der Waals surface area contributed by atoms with E-state index >= 15 is 0 Å². The molecule has 0 aliphatic heterocycles. The van der Waals surface area contributed by atoms with E-state index in [0.29, 0.717) is 151 Å². The van der Waals surface area contributed by atoms with Crippen LogP contribution in [0.1, 0.15) is 32.6 Å². The average Bonchev–Trinajstić information content (AvgIpc) is 3.11. The number of benzene rings is 1. The van der Waals surface area contributed by atoms with Crippen LogP contribution in [0.2, 0.25) is 0 Å². The second-order valence-corrected chi connectivity index (χ2v) is 10.4. The molecule has 0 atom stereocenters. The quantitative estimate of drug-likeness (QED) is 0.0553. The number of hydrogen-bond donors (Lipinski definition) is 0. The first-order chi connectivity index (χ1) is 24.2. The Morgan fingerprint density at radius 3 is 0.980 bits per heavy atom. The van der Waals surface area contributed by atoms with Gasteiger partial charge in [-0.05, 0) is 18.6 Å². The number of hydrogen-bond acceptors (Lipinski definition) is 14. The van der Waals surface area contributed by atoms with Crippen molar-refractivity contribution < 1.29 is 61.8 Å². The topological polar surface area (TPSA) is 154 Å². The number of nitrogens with zero attached hydrogens (tertiary/aromatic N) is 1. The molecule has 0 fully saturated rings. The van der Waals surface area contributed by atoms with Crippen LogP contribution in [0.3, 0.4) is 0 Å². The van der Waals surface area contributed by atoms with Crippen molar-refractivity contribution in [2.24, 2.45) is 0 Å². The van der Waals surface area contributed by atoms with Crippen molar-refractivity contribution in [1.29, 1.82) is 0 Å². The second-order valence-electron chi connectivity index (χ2n) is 10.4. The van der Waals surface area contributed by atoms with Crippen LogP contribution in [0.15, 0.2) is 24.3 Å². The summed E-state index contributed by atoms with van der Waals surface area (Å²) in [6.07, 6.45) is 4.87. The van der Waals surface area contributed by atoms with E-state index in [1.807, 2.05) is 0 Å². The fourth-order valence-corrected chi connectivity index (χ4v) is 3.81. The highest BCUT2D eigenvalue weighted by Crippen LogP contribution is 2.17. The summed E-state index contributed by atoms with van der Waals surface area (Å²) in [6.45, 7) is 13.9. The maximum atomic E-state index is 10.6. The van der Waals surface area contributed by atoms with Crippen molar-refractivity contribution in [3.05, 3.63) is 34.4 Å². The molecule has 0 amide bonds. The minimum atomic E-state index is -0.451. The number of non-ortho nitro benzene ring substituents is 1. The molecule has 0 spiro atoms. The zero-order valence-corrected chi connectivity index (χ0v) is 29.6. The van der Waals surface area contributed by atoms with E-state index in [2.05, 4.69) is 6.92 Å². The molecular formula is C34H61NO14. The first kappa shape index (κ1) is 45.0. The van der Waals surface area contributed by atoms with Gasteiger partial charge in [-0.15, -0.1) is 0 Å². The van der Waals surface area contributed by atoms with Crippen LogP contribution in [-0.4, -0.2) is 157 Å². The summed E-state index contributed by atoms with van der Waals surface area (Å²) >= 11 is 0. The van der Waals surface area contributed by atoms with Gasteiger partial charge in [-0.25, -0.2) is 0 Å². The maximum absolute atomic E-state index is 10.6. The van der Waals surface area contributed by atoms with Crippen LogP contribution in [0, 0.1) is 10.1 Å². The Labute approximate surface area is 292 Å². The molecule has 1 aromatic carbocycles. The highest BCUT2D eigenvalue weighted by Gasteiger charge is 2.04. The monoisotopic (exact) mass is 707 g/mol. The second kappa shape index (κ2) is 37.2.